The van der Waals surface area contributed by atoms with Gasteiger partial charge in [0.2, 0.25) is 0 Å². The lowest BCUT2D eigenvalue weighted by Gasteiger charge is -2.28. The van der Waals surface area contributed by atoms with Gasteiger partial charge in [-0.3, -0.25) is 4.79 Å². The number of fused-ring (bicyclic) bond motifs is 3. The number of carbonyl (C=O) groups excluding carboxylic acids is 1. The maximum atomic E-state index is 12.7. The van der Waals surface area contributed by atoms with E-state index in [0.29, 0.717) is 11.7 Å². The van der Waals surface area contributed by atoms with E-state index in [-0.39, 0.29) is 6.04 Å². The molecule has 2 heteroatoms. The van der Waals surface area contributed by atoms with Crippen molar-refractivity contribution in [2.45, 2.75) is 44.6 Å². The first-order valence-electron chi connectivity index (χ1n) is 8.15. The molecule has 0 spiro atoms. The lowest BCUT2D eigenvalue weighted by Crippen LogP contribution is -2.36. The maximum absolute atomic E-state index is 12.7. The minimum atomic E-state index is -0.0425. The molecule has 1 aliphatic heterocycles. The largest absolute Gasteiger partial charge is 0.303 e. The minimum Gasteiger partial charge on any atom is -0.303 e. The molecule has 0 amide bonds. The molecule has 0 saturated heterocycles. The highest BCUT2D eigenvalue weighted by Crippen LogP contribution is 2.50. The Morgan fingerprint density at radius 3 is 2.90 bits per heavy atom. The van der Waals surface area contributed by atoms with Crippen LogP contribution in [0.4, 0.5) is 0 Å². The summed E-state index contributed by atoms with van der Waals surface area (Å²) in [7, 11) is 0. The van der Waals surface area contributed by atoms with Gasteiger partial charge in [-0.15, -0.1) is 0 Å². The highest BCUT2D eigenvalue weighted by Gasteiger charge is 2.41. The summed E-state index contributed by atoms with van der Waals surface area (Å²) < 4.78 is 0. The van der Waals surface area contributed by atoms with E-state index >= 15 is 0 Å². The van der Waals surface area contributed by atoms with Crippen molar-refractivity contribution in [1.82, 2.24) is 5.32 Å². The molecule has 2 nitrogen and oxygen atoms in total. The van der Waals surface area contributed by atoms with E-state index in [4.69, 9.17) is 0 Å². The molecule has 1 aromatic rings. The fourth-order valence-electron chi connectivity index (χ4n) is 4.79. The van der Waals surface area contributed by atoms with Crippen LogP contribution < -0.4 is 5.32 Å². The minimum absolute atomic E-state index is 0.0425. The monoisotopic (exact) mass is 269 g/mol. The predicted octanol–water partition coefficient (Wildman–Crippen LogP) is 3.27. The first-order valence-corrected chi connectivity index (χ1v) is 8.15. The molecular weight excluding hydrogens is 246 g/mol. The van der Waals surface area contributed by atoms with Crippen molar-refractivity contribution in [2.24, 2.45) is 17.8 Å². The number of rotatable bonds is 3. The summed E-state index contributed by atoms with van der Waals surface area (Å²) in [6.45, 7) is 0.935. The summed E-state index contributed by atoms with van der Waals surface area (Å²) in [4.78, 5) is 12.7. The van der Waals surface area contributed by atoms with Crippen LogP contribution in [0.25, 0.3) is 0 Å². The molecule has 4 atom stereocenters. The molecule has 3 aliphatic rings. The van der Waals surface area contributed by atoms with E-state index in [9.17, 15) is 4.79 Å². The number of Topliss-reactive ketones (excluding diaryl/α,β-unsaturated/α-hetero) is 1. The van der Waals surface area contributed by atoms with Gasteiger partial charge in [0.1, 0.15) is 0 Å². The Hall–Kier alpha value is -1.15. The molecule has 2 saturated carbocycles. The zero-order valence-electron chi connectivity index (χ0n) is 12.0. The smallest absolute Gasteiger partial charge is 0.154 e. The van der Waals surface area contributed by atoms with Crippen molar-refractivity contribution >= 4 is 5.78 Å². The maximum Gasteiger partial charge on any atom is 0.154 e. The van der Waals surface area contributed by atoms with Crippen molar-refractivity contribution in [3.63, 3.8) is 0 Å². The van der Waals surface area contributed by atoms with Crippen LogP contribution in [-0.4, -0.2) is 12.3 Å². The van der Waals surface area contributed by atoms with Crippen LogP contribution in [0.2, 0.25) is 0 Å². The van der Waals surface area contributed by atoms with E-state index in [1.54, 1.807) is 0 Å². The third-order valence-corrected chi connectivity index (χ3v) is 5.78. The molecule has 2 aliphatic carbocycles. The van der Waals surface area contributed by atoms with E-state index in [1.807, 2.05) is 0 Å². The average molecular weight is 269 g/mol. The molecule has 0 aromatic heterocycles. The Bertz CT molecular complexity index is 524. The van der Waals surface area contributed by atoms with Gasteiger partial charge in [0.05, 0.1) is 6.04 Å². The van der Waals surface area contributed by atoms with Gasteiger partial charge in [-0.25, -0.2) is 0 Å². The highest BCUT2D eigenvalue weighted by atomic mass is 16.1. The second-order valence-corrected chi connectivity index (χ2v) is 6.94. The number of hydrogen-bond acceptors (Lipinski definition) is 2. The van der Waals surface area contributed by atoms with Crippen molar-refractivity contribution in [3.8, 4) is 0 Å². The Morgan fingerprint density at radius 1 is 1.20 bits per heavy atom. The van der Waals surface area contributed by atoms with E-state index < -0.39 is 0 Å². The Balaban J connectivity index is 1.49. The van der Waals surface area contributed by atoms with Crippen LogP contribution >= 0.6 is 0 Å². The summed E-state index contributed by atoms with van der Waals surface area (Å²) in [6, 6.07) is 8.41. The third-order valence-electron chi connectivity index (χ3n) is 5.78. The molecule has 1 heterocycles. The number of hydrogen-bond donors (Lipinski definition) is 1. The van der Waals surface area contributed by atoms with Crippen molar-refractivity contribution < 1.29 is 4.79 Å². The number of nitrogens with one attached hydrogen (secondary N) is 1. The summed E-state index contributed by atoms with van der Waals surface area (Å²) >= 11 is 0. The molecule has 20 heavy (non-hydrogen) atoms. The predicted molar refractivity (Wildman–Crippen MR) is 79.5 cm³/mol. The number of ketones is 1. The molecule has 4 unspecified atom stereocenters. The Morgan fingerprint density at radius 2 is 2.10 bits per heavy atom. The fraction of sp³-hybridized carbons (Fsp3) is 0.611. The van der Waals surface area contributed by atoms with Gasteiger partial charge in [-0.1, -0.05) is 30.7 Å². The van der Waals surface area contributed by atoms with Crippen LogP contribution in [0, 0.1) is 17.8 Å². The number of benzene rings is 1. The lowest BCUT2D eigenvalue weighted by atomic mass is 9.82. The van der Waals surface area contributed by atoms with Crippen molar-refractivity contribution in [2.75, 3.05) is 6.54 Å². The molecule has 0 radical (unpaired) electrons. The van der Waals surface area contributed by atoms with Crippen LogP contribution in [0.15, 0.2) is 24.3 Å². The molecule has 2 bridgehead atoms. The van der Waals surface area contributed by atoms with E-state index in [2.05, 4.69) is 29.6 Å². The van der Waals surface area contributed by atoms with Gasteiger partial charge in [0, 0.05) is 13.0 Å². The summed E-state index contributed by atoms with van der Waals surface area (Å²) in [5, 5.41) is 3.44. The van der Waals surface area contributed by atoms with Gasteiger partial charge in [-0.2, -0.15) is 0 Å². The van der Waals surface area contributed by atoms with Gasteiger partial charge >= 0.3 is 0 Å². The quantitative estimate of drug-likeness (QED) is 0.912. The molecule has 2 fully saturated rings. The lowest BCUT2D eigenvalue weighted by molar-refractivity contribution is -0.122. The van der Waals surface area contributed by atoms with Gasteiger partial charge in [0.15, 0.2) is 5.78 Å². The van der Waals surface area contributed by atoms with Crippen LogP contribution in [0.3, 0.4) is 0 Å². The SMILES string of the molecule is O=C(CC1CC2CCC1C2)C1NCCc2ccccc21. The Kier molecular flexibility index (Phi) is 3.14. The van der Waals surface area contributed by atoms with Gasteiger partial charge in [-0.05, 0) is 54.6 Å². The third kappa shape index (κ3) is 2.10. The normalized spacial score (nSPS) is 35.0. The average Bonchev–Trinajstić information content (AvgIpc) is 3.09. The van der Waals surface area contributed by atoms with E-state index in [0.717, 1.165) is 31.2 Å². The molecule has 4 rings (SSSR count). The molecular formula is C18H23NO. The second kappa shape index (κ2) is 5.00. The van der Waals surface area contributed by atoms with E-state index in [1.165, 1.54) is 36.8 Å². The number of carbonyl (C=O) groups is 1. The van der Waals surface area contributed by atoms with Crippen LogP contribution in [0.1, 0.15) is 49.3 Å². The highest BCUT2D eigenvalue weighted by molar-refractivity contribution is 5.86. The second-order valence-electron chi connectivity index (χ2n) is 6.94. The van der Waals surface area contributed by atoms with Gasteiger partial charge < -0.3 is 5.32 Å². The summed E-state index contributed by atoms with van der Waals surface area (Å²) in [5.74, 6) is 2.89. The standard InChI is InChI=1S/C18H23NO/c20-17(11-15-10-12-5-6-14(15)9-12)18-16-4-2-1-3-13(16)7-8-19-18/h1-4,12,14-15,18-19H,5-11H2. The first-order chi connectivity index (χ1) is 9.81. The summed E-state index contributed by atoms with van der Waals surface area (Å²) in [5.41, 5.74) is 2.59. The Labute approximate surface area is 121 Å². The first kappa shape index (κ1) is 12.6. The topological polar surface area (TPSA) is 29.1 Å². The zero-order chi connectivity index (χ0) is 13.5. The van der Waals surface area contributed by atoms with Gasteiger partial charge in [0.25, 0.3) is 0 Å². The molecule has 1 aromatic carbocycles. The van der Waals surface area contributed by atoms with Crippen LogP contribution in [-0.2, 0) is 11.2 Å². The van der Waals surface area contributed by atoms with Crippen molar-refractivity contribution in [3.05, 3.63) is 35.4 Å². The summed E-state index contributed by atoms with van der Waals surface area (Å²) in [6.07, 6.45) is 7.34. The van der Waals surface area contributed by atoms with Crippen LogP contribution in [0.5, 0.6) is 0 Å². The zero-order valence-corrected chi connectivity index (χ0v) is 12.0. The molecule has 106 valence electrons. The fourth-order valence-corrected chi connectivity index (χ4v) is 4.79. The van der Waals surface area contributed by atoms with Crippen molar-refractivity contribution in [1.29, 1.82) is 0 Å². The molecule has 1 N–H and O–H groups in total.